The first kappa shape index (κ1) is 14.0. The van der Waals surface area contributed by atoms with Crippen LogP contribution in [0.25, 0.3) is 11.4 Å². The third-order valence-corrected chi connectivity index (χ3v) is 4.08. The summed E-state index contributed by atoms with van der Waals surface area (Å²) < 4.78 is 0. The third-order valence-electron chi connectivity index (χ3n) is 4.08. The molecule has 0 spiro atoms. The van der Waals surface area contributed by atoms with E-state index in [1.807, 2.05) is 0 Å². The van der Waals surface area contributed by atoms with Crippen LogP contribution in [0.1, 0.15) is 44.0 Å². The van der Waals surface area contributed by atoms with Gasteiger partial charge in [-0.25, -0.2) is 15.8 Å². The molecule has 0 saturated carbocycles. The number of nitrogens with two attached hydrogens (primary N) is 1. The average Bonchev–Trinajstić information content (AvgIpc) is 2.93. The summed E-state index contributed by atoms with van der Waals surface area (Å²) in [6, 6.07) is 8.50. The Morgan fingerprint density at radius 2 is 1.76 bits per heavy atom. The molecule has 1 heterocycles. The molecule has 1 aliphatic rings. The maximum absolute atomic E-state index is 5.61. The number of hydrazine groups is 1. The molecule has 1 aromatic heterocycles. The zero-order valence-corrected chi connectivity index (χ0v) is 12.9. The van der Waals surface area contributed by atoms with Crippen LogP contribution in [0.3, 0.4) is 0 Å². The van der Waals surface area contributed by atoms with Crippen molar-refractivity contribution in [2.75, 3.05) is 5.43 Å². The summed E-state index contributed by atoms with van der Waals surface area (Å²) in [6.07, 6.45) is 3.16. The second kappa shape index (κ2) is 5.11. The number of anilines is 1. The minimum Gasteiger partial charge on any atom is -0.308 e. The normalized spacial score (nSPS) is 14.1. The smallest absolute Gasteiger partial charge is 0.161 e. The molecule has 2 aromatic rings. The highest BCUT2D eigenvalue weighted by atomic mass is 15.3. The highest BCUT2D eigenvalue weighted by Crippen LogP contribution is 2.30. The van der Waals surface area contributed by atoms with Gasteiger partial charge in [0.1, 0.15) is 5.82 Å². The summed E-state index contributed by atoms with van der Waals surface area (Å²) in [6.45, 7) is 6.64. The van der Waals surface area contributed by atoms with Crippen LogP contribution in [0.4, 0.5) is 5.82 Å². The molecule has 3 rings (SSSR count). The molecule has 4 nitrogen and oxygen atoms in total. The fourth-order valence-corrected chi connectivity index (χ4v) is 2.80. The second-order valence-electron chi connectivity index (χ2n) is 6.65. The van der Waals surface area contributed by atoms with Gasteiger partial charge in [0.05, 0.1) is 0 Å². The zero-order valence-electron chi connectivity index (χ0n) is 12.9. The largest absolute Gasteiger partial charge is 0.308 e. The lowest BCUT2D eigenvalue weighted by atomic mass is 9.86. The SMILES string of the molecule is CC(C)(C)c1ccc(-c2nc3c(c(NN)n2)CCC3)cc1. The summed E-state index contributed by atoms with van der Waals surface area (Å²) in [7, 11) is 0. The van der Waals surface area contributed by atoms with Crippen molar-refractivity contribution in [2.24, 2.45) is 5.84 Å². The number of hydrogen-bond donors (Lipinski definition) is 2. The van der Waals surface area contributed by atoms with Gasteiger partial charge in [-0.15, -0.1) is 0 Å². The summed E-state index contributed by atoms with van der Waals surface area (Å²) in [4.78, 5) is 9.30. The van der Waals surface area contributed by atoms with Crippen LogP contribution < -0.4 is 11.3 Å². The Morgan fingerprint density at radius 1 is 1.05 bits per heavy atom. The topological polar surface area (TPSA) is 63.8 Å². The van der Waals surface area contributed by atoms with Gasteiger partial charge in [0, 0.05) is 16.8 Å². The molecule has 0 aliphatic heterocycles. The van der Waals surface area contributed by atoms with Crippen molar-refractivity contribution in [3.05, 3.63) is 41.1 Å². The van der Waals surface area contributed by atoms with Crippen LogP contribution in [-0.4, -0.2) is 9.97 Å². The van der Waals surface area contributed by atoms with E-state index in [1.165, 1.54) is 11.1 Å². The van der Waals surface area contributed by atoms with Crippen molar-refractivity contribution < 1.29 is 0 Å². The number of nitrogen functional groups attached to an aromatic ring is 1. The molecule has 0 bridgehead atoms. The number of aromatic nitrogens is 2. The first-order valence-corrected chi connectivity index (χ1v) is 7.46. The van der Waals surface area contributed by atoms with E-state index in [9.17, 15) is 0 Å². The zero-order chi connectivity index (χ0) is 15.0. The Bertz CT molecular complexity index is 654. The Morgan fingerprint density at radius 3 is 2.38 bits per heavy atom. The van der Waals surface area contributed by atoms with E-state index >= 15 is 0 Å². The Balaban J connectivity index is 2.01. The maximum Gasteiger partial charge on any atom is 0.161 e. The lowest BCUT2D eigenvalue weighted by molar-refractivity contribution is 0.590. The number of rotatable bonds is 2. The van der Waals surface area contributed by atoms with Crippen molar-refractivity contribution in [1.29, 1.82) is 0 Å². The first-order valence-electron chi connectivity index (χ1n) is 7.46. The molecule has 0 unspecified atom stereocenters. The maximum atomic E-state index is 5.61. The standard InChI is InChI=1S/C17H22N4/c1-17(2,3)12-9-7-11(8-10-12)15-19-14-6-4-5-13(14)16(20-15)21-18/h7-10H,4-6,18H2,1-3H3,(H,19,20,21). The van der Waals surface area contributed by atoms with Crippen molar-refractivity contribution >= 4 is 5.82 Å². The number of nitrogens with zero attached hydrogens (tertiary/aromatic N) is 2. The van der Waals surface area contributed by atoms with E-state index in [0.29, 0.717) is 0 Å². The van der Waals surface area contributed by atoms with Gasteiger partial charge in [-0.1, -0.05) is 45.0 Å². The van der Waals surface area contributed by atoms with Crippen LogP contribution in [-0.2, 0) is 18.3 Å². The number of benzene rings is 1. The molecule has 110 valence electrons. The number of aryl methyl sites for hydroxylation is 1. The summed E-state index contributed by atoms with van der Waals surface area (Å²) >= 11 is 0. The van der Waals surface area contributed by atoms with Gasteiger partial charge in [0.25, 0.3) is 0 Å². The molecule has 21 heavy (non-hydrogen) atoms. The van der Waals surface area contributed by atoms with Crippen LogP contribution in [0.2, 0.25) is 0 Å². The third kappa shape index (κ3) is 2.63. The predicted octanol–water partition coefficient (Wildman–Crippen LogP) is 3.22. The molecular formula is C17H22N4. The van der Waals surface area contributed by atoms with Gasteiger partial charge in [0.2, 0.25) is 0 Å². The molecule has 4 heteroatoms. The fraction of sp³-hybridized carbons (Fsp3) is 0.412. The van der Waals surface area contributed by atoms with Crippen molar-refractivity contribution in [2.45, 2.75) is 45.4 Å². The Kier molecular flexibility index (Phi) is 3.41. The lowest BCUT2D eigenvalue weighted by Gasteiger charge is -2.19. The van der Waals surface area contributed by atoms with Gasteiger partial charge in [0.15, 0.2) is 5.82 Å². The molecular weight excluding hydrogens is 260 g/mol. The molecule has 0 saturated heterocycles. The summed E-state index contributed by atoms with van der Waals surface area (Å²) in [5.41, 5.74) is 7.53. The van der Waals surface area contributed by atoms with Crippen LogP contribution in [0.15, 0.2) is 24.3 Å². The number of hydrogen-bond acceptors (Lipinski definition) is 4. The van der Waals surface area contributed by atoms with Crippen LogP contribution >= 0.6 is 0 Å². The first-order chi connectivity index (χ1) is 9.99. The molecule has 0 atom stereocenters. The van der Waals surface area contributed by atoms with E-state index in [4.69, 9.17) is 10.8 Å². The van der Waals surface area contributed by atoms with Crippen molar-refractivity contribution in [1.82, 2.24) is 9.97 Å². The van der Waals surface area contributed by atoms with Crippen molar-refractivity contribution in [3.63, 3.8) is 0 Å². The van der Waals surface area contributed by atoms with Gasteiger partial charge >= 0.3 is 0 Å². The summed E-state index contributed by atoms with van der Waals surface area (Å²) in [5.74, 6) is 7.14. The fourth-order valence-electron chi connectivity index (χ4n) is 2.80. The molecule has 3 N–H and O–H groups in total. The van der Waals surface area contributed by atoms with E-state index in [1.54, 1.807) is 0 Å². The van der Waals surface area contributed by atoms with E-state index in [-0.39, 0.29) is 5.41 Å². The van der Waals surface area contributed by atoms with Crippen molar-refractivity contribution in [3.8, 4) is 11.4 Å². The number of nitrogens with one attached hydrogen (secondary N) is 1. The molecule has 0 amide bonds. The van der Waals surface area contributed by atoms with E-state index in [2.05, 4.69) is 55.4 Å². The second-order valence-corrected chi connectivity index (χ2v) is 6.65. The minimum absolute atomic E-state index is 0.154. The molecule has 1 aliphatic carbocycles. The monoisotopic (exact) mass is 282 g/mol. The molecule has 1 aromatic carbocycles. The molecule has 0 radical (unpaired) electrons. The predicted molar refractivity (Wildman–Crippen MR) is 86.0 cm³/mol. The Labute approximate surface area is 125 Å². The highest BCUT2D eigenvalue weighted by Gasteiger charge is 2.20. The number of fused-ring (bicyclic) bond motifs is 1. The Hall–Kier alpha value is -1.94. The van der Waals surface area contributed by atoms with Crippen LogP contribution in [0, 0.1) is 0 Å². The van der Waals surface area contributed by atoms with E-state index < -0.39 is 0 Å². The van der Waals surface area contributed by atoms with Gasteiger partial charge in [-0.2, -0.15) is 0 Å². The lowest BCUT2D eigenvalue weighted by Crippen LogP contribution is -2.13. The molecule has 0 fully saturated rings. The van der Waals surface area contributed by atoms with E-state index in [0.717, 1.165) is 42.2 Å². The summed E-state index contributed by atoms with van der Waals surface area (Å²) in [5, 5.41) is 0. The average molecular weight is 282 g/mol. The highest BCUT2D eigenvalue weighted by molar-refractivity contribution is 5.61. The van der Waals surface area contributed by atoms with Gasteiger partial charge < -0.3 is 5.43 Å². The van der Waals surface area contributed by atoms with Gasteiger partial charge in [-0.05, 0) is 30.2 Å². The van der Waals surface area contributed by atoms with Gasteiger partial charge in [-0.3, -0.25) is 0 Å². The quantitative estimate of drug-likeness (QED) is 0.656. The minimum atomic E-state index is 0.154. The van der Waals surface area contributed by atoms with Crippen LogP contribution in [0.5, 0.6) is 0 Å².